The first kappa shape index (κ1) is 17.4. The highest BCUT2D eigenvalue weighted by atomic mass is 31.2. The molecule has 2 aliphatic heterocycles. The van der Waals surface area contributed by atoms with Gasteiger partial charge in [0.05, 0.1) is 12.7 Å². The number of fused-ring (bicyclic) bond motifs is 1. The highest BCUT2D eigenvalue weighted by molar-refractivity contribution is 7.48. The van der Waals surface area contributed by atoms with E-state index < -0.39 is 50.6 Å². The van der Waals surface area contributed by atoms with E-state index in [0.29, 0.717) is 4.57 Å². The molecule has 2 fully saturated rings. The molecular formula is C12H16F2N3O6P. The van der Waals surface area contributed by atoms with E-state index in [4.69, 9.17) is 24.0 Å². The molecule has 0 radical (unpaired) electrons. The number of halogens is 2. The van der Waals surface area contributed by atoms with Gasteiger partial charge in [0.15, 0.2) is 6.10 Å². The van der Waals surface area contributed by atoms with Crippen molar-refractivity contribution in [2.45, 2.75) is 44.3 Å². The Morgan fingerprint density at radius 3 is 2.88 bits per heavy atom. The van der Waals surface area contributed by atoms with Gasteiger partial charge in [-0.25, -0.2) is 9.36 Å². The van der Waals surface area contributed by atoms with Crippen molar-refractivity contribution >= 4 is 13.6 Å². The smallest absolute Gasteiger partial charge is 0.383 e. The number of nitrogens with zero attached hydrogens (tertiary/aromatic N) is 2. The van der Waals surface area contributed by atoms with Gasteiger partial charge in [-0.05, 0) is 19.9 Å². The average Bonchev–Trinajstić information content (AvgIpc) is 2.69. The maximum absolute atomic E-state index is 14.7. The number of phosphoric ester groups is 1. The van der Waals surface area contributed by atoms with Gasteiger partial charge in [-0.2, -0.15) is 13.8 Å². The fourth-order valence-electron chi connectivity index (χ4n) is 2.48. The minimum atomic E-state index is -4.14. The van der Waals surface area contributed by atoms with Gasteiger partial charge in [0.1, 0.15) is 11.9 Å². The topological polar surface area (TPSA) is 115 Å². The van der Waals surface area contributed by atoms with Crippen LogP contribution in [0.4, 0.5) is 14.6 Å². The number of nitrogen functional groups attached to an aromatic ring is 1. The van der Waals surface area contributed by atoms with E-state index in [1.165, 1.54) is 6.07 Å². The second kappa shape index (κ2) is 5.85. The van der Waals surface area contributed by atoms with Gasteiger partial charge in [0, 0.05) is 6.20 Å². The minimum absolute atomic E-state index is 0.107. The van der Waals surface area contributed by atoms with E-state index in [0.717, 1.165) is 6.20 Å². The first-order valence-corrected chi connectivity index (χ1v) is 8.58. The van der Waals surface area contributed by atoms with Crippen LogP contribution >= 0.6 is 7.82 Å². The third kappa shape index (κ3) is 2.98. The van der Waals surface area contributed by atoms with E-state index >= 15 is 0 Å². The van der Waals surface area contributed by atoms with Crippen molar-refractivity contribution in [2.24, 2.45) is 0 Å². The third-order valence-corrected chi connectivity index (χ3v) is 5.06. The normalized spacial score (nSPS) is 35.1. The average molecular weight is 367 g/mol. The van der Waals surface area contributed by atoms with Crippen molar-refractivity contribution in [2.75, 3.05) is 12.3 Å². The lowest BCUT2D eigenvalue weighted by molar-refractivity contribution is -0.139. The number of ether oxygens (including phenoxy) is 1. The zero-order valence-electron chi connectivity index (χ0n) is 12.8. The first-order valence-electron chi connectivity index (χ1n) is 7.12. The summed E-state index contributed by atoms with van der Waals surface area (Å²) in [5.41, 5.74) is 4.34. The molecule has 0 amide bonds. The molecule has 0 aromatic carbocycles. The summed E-state index contributed by atoms with van der Waals surface area (Å²) in [7, 11) is -4.14. The van der Waals surface area contributed by atoms with Crippen LogP contribution in [0.5, 0.6) is 0 Å². The van der Waals surface area contributed by atoms with Crippen molar-refractivity contribution in [3.8, 4) is 0 Å². The number of hydrogen-bond acceptors (Lipinski definition) is 8. The predicted octanol–water partition coefficient (Wildman–Crippen LogP) is 1.31. The van der Waals surface area contributed by atoms with Crippen molar-refractivity contribution < 1.29 is 31.7 Å². The Morgan fingerprint density at radius 2 is 2.25 bits per heavy atom. The monoisotopic (exact) mass is 367 g/mol. The van der Waals surface area contributed by atoms with Crippen molar-refractivity contribution in [1.82, 2.24) is 9.55 Å². The van der Waals surface area contributed by atoms with Gasteiger partial charge in [0.25, 0.3) is 0 Å². The molecule has 0 saturated carbocycles. The summed E-state index contributed by atoms with van der Waals surface area (Å²) in [6.07, 6.45) is -4.59. The van der Waals surface area contributed by atoms with Gasteiger partial charge in [0.2, 0.25) is 6.23 Å². The summed E-state index contributed by atoms with van der Waals surface area (Å²) in [5.74, 6) is -3.77. The number of alkyl halides is 2. The lowest BCUT2D eigenvalue weighted by Gasteiger charge is -2.32. The van der Waals surface area contributed by atoms with E-state index in [1.807, 2.05) is 0 Å². The molecule has 12 heteroatoms. The molecule has 2 aliphatic rings. The summed E-state index contributed by atoms with van der Waals surface area (Å²) in [6, 6.07) is 1.19. The molecule has 2 N–H and O–H groups in total. The van der Waals surface area contributed by atoms with E-state index in [1.54, 1.807) is 13.8 Å². The quantitative estimate of drug-likeness (QED) is 0.795. The van der Waals surface area contributed by atoms with Gasteiger partial charge in [-0.1, -0.05) is 0 Å². The number of aromatic nitrogens is 2. The maximum Gasteiger partial charge on any atom is 0.475 e. The largest absolute Gasteiger partial charge is 0.475 e. The van der Waals surface area contributed by atoms with Crippen molar-refractivity contribution in [1.29, 1.82) is 0 Å². The molecule has 4 atom stereocenters. The summed E-state index contributed by atoms with van der Waals surface area (Å²) in [6.45, 7) is 2.70. The van der Waals surface area contributed by atoms with Crippen LogP contribution < -0.4 is 11.4 Å². The summed E-state index contributed by atoms with van der Waals surface area (Å²) in [4.78, 5) is 15.2. The van der Waals surface area contributed by atoms with Crippen LogP contribution in [0.25, 0.3) is 0 Å². The Hall–Kier alpha value is -1.39. The summed E-state index contributed by atoms with van der Waals surface area (Å²) in [5, 5.41) is 0. The molecule has 2 saturated heterocycles. The van der Waals surface area contributed by atoms with Crippen LogP contribution in [-0.4, -0.2) is 40.4 Å². The lowest BCUT2D eigenvalue weighted by Crippen LogP contribution is -2.45. The molecule has 3 heterocycles. The molecular weight excluding hydrogens is 351 g/mol. The molecule has 0 aliphatic carbocycles. The van der Waals surface area contributed by atoms with Crippen molar-refractivity contribution in [3.05, 3.63) is 22.7 Å². The molecule has 0 unspecified atom stereocenters. The highest BCUT2D eigenvalue weighted by Crippen LogP contribution is 2.60. The van der Waals surface area contributed by atoms with Gasteiger partial charge < -0.3 is 10.5 Å². The van der Waals surface area contributed by atoms with Crippen LogP contribution in [0.15, 0.2) is 17.1 Å². The fourth-order valence-corrected chi connectivity index (χ4v) is 4.06. The highest BCUT2D eigenvalue weighted by Gasteiger charge is 2.65. The molecule has 134 valence electrons. The predicted molar refractivity (Wildman–Crippen MR) is 76.4 cm³/mol. The third-order valence-electron chi connectivity index (χ3n) is 3.43. The Bertz CT molecular complexity index is 742. The van der Waals surface area contributed by atoms with Crippen LogP contribution in [0.2, 0.25) is 0 Å². The Labute approximate surface area is 135 Å². The summed E-state index contributed by atoms with van der Waals surface area (Å²) >= 11 is 0. The SMILES string of the molecule is CC(C)O[P@@]1(=O)OC[C@H]2O[C@@H](n3ccc(N)nc3=O)C(F)(F)[C@@H]2O1. The standard InChI is InChI=1S/C12H16F2N3O6P/c1-6(2)22-24(19)20-5-7-9(23-24)12(13,14)10(21-7)17-4-3-8(15)16-11(17)18/h3-4,6-7,9-10H,5H2,1-2H3,(H2,15,16,18)/t7-,9-,10-,24-/m1/s1. The van der Waals surface area contributed by atoms with Crippen LogP contribution in [0.1, 0.15) is 20.1 Å². The number of anilines is 1. The lowest BCUT2D eigenvalue weighted by atomic mass is 10.1. The van der Waals surface area contributed by atoms with Gasteiger partial charge in [-0.15, -0.1) is 0 Å². The zero-order chi connectivity index (χ0) is 17.7. The molecule has 9 nitrogen and oxygen atoms in total. The number of hydrogen-bond donors (Lipinski definition) is 1. The molecule has 1 aromatic heterocycles. The summed E-state index contributed by atoms with van der Waals surface area (Å²) < 4.78 is 62.3. The van der Waals surface area contributed by atoms with E-state index in [2.05, 4.69) is 4.98 Å². The Kier molecular flexibility index (Phi) is 4.25. The second-order valence-corrected chi connectivity index (χ2v) is 7.24. The number of rotatable bonds is 3. The number of phosphoric acid groups is 1. The van der Waals surface area contributed by atoms with Crippen LogP contribution in [0, 0.1) is 0 Å². The fraction of sp³-hybridized carbons (Fsp3) is 0.667. The second-order valence-electron chi connectivity index (χ2n) is 5.67. The number of nitrogens with two attached hydrogens (primary N) is 1. The Balaban J connectivity index is 1.90. The zero-order valence-corrected chi connectivity index (χ0v) is 13.7. The van der Waals surface area contributed by atoms with Crippen LogP contribution in [0.3, 0.4) is 0 Å². The maximum atomic E-state index is 14.7. The van der Waals surface area contributed by atoms with Gasteiger partial charge >= 0.3 is 19.4 Å². The molecule has 3 rings (SSSR count). The molecule has 0 spiro atoms. The van der Waals surface area contributed by atoms with Crippen molar-refractivity contribution in [3.63, 3.8) is 0 Å². The molecule has 24 heavy (non-hydrogen) atoms. The first-order chi connectivity index (χ1) is 11.1. The molecule has 1 aromatic rings. The van der Waals surface area contributed by atoms with E-state index in [9.17, 15) is 18.1 Å². The Morgan fingerprint density at radius 1 is 1.54 bits per heavy atom. The van der Waals surface area contributed by atoms with Gasteiger partial charge in [-0.3, -0.25) is 18.1 Å². The molecule has 0 bridgehead atoms. The van der Waals surface area contributed by atoms with Crippen LogP contribution in [-0.2, 0) is 22.9 Å². The minimum Gasteiger partial charge on any atom is -0.383 e. The van der Waals surface area contributed by atoms with E-state index in [-0.39, 0.29) is 5.82 Å².